The largest absolute Gasteiger partial charge is 0.367 e. The van der Waals surface area contributed by atoms with Crippen molar-refractivity contribution >= 4 is 11.6 Å². The van der Waals surface area contributed by atoms with E-state index in [9.17, 15) is 0 Å². The van der Waals surface area contributed by atoms with Crippen LogP contribution in [0.15, 0.2) is 12.5 Å². The number of fused-ring (bicyclic) bond motifs is 1. The fourth-order valence-corrected chi connectivity index (χ4v) is 0.661. The van der Waals surface area contributed by atoms with E-state index in [-0.39, 0.29) is 5.95 Å². The monoisotopic (exact) mass is 136 g/mol. The number of hydrogen-bond acceptors (Lipinski definition) is 5. The minimum Gasteiger partial charge on any atom is -0.367 e. The number of anilines is 1. The van der Waals surface area contributed by atoms with E-state index in [2.05, 4.69) is 20.3 Å². The number of hydrogen-bond donors (Lipinski definition) is 1. The van der Waals surface area contributed by atoms with E-state index in [1.165, 1.54) is 17.0 Å². The van der Waals surface area contributed by atoms with Gasteiger partial charge in [0.25, 0.3) is 0 Å². The van der Waals surface area contributed by atoms with Gasteiger partial charge in [-0.2, -0.15) is 4.52 Å². The third kappa shape index (κ3) is 0.586. The van der Waals surface area contributed by atoms with Crippen LogP contribution in [0, 0.1) is 0 Å². The number of nitrogens with two attached hydrogens (primary N) is 1. The molecule has 0 aliphatic rings. The second-order valence-corrected chi connectivity index (χ2v) is 1.75. The Morgan fingerprint density at radius 1 is 1.50 bits per heavy atom. The van der Waals surface area contributed by atoms with Crippen LogP contribution in [0.25, 0.3) is 5.65 Å². The molecule has 0 spiro atoms. The molecule has 0 atom stereocenters. The van der Waals surface area contributed by atoms with E-state index in [1.54, 1.807) is 0 Å². The van der Waals surface area contributed by atoms with E-state index >= 15 is 0 Å². The van der Waals surface area contributed by atoms with Crippen molar-refractivity contribution < 1.29 is 0 Å². The zero-order valence-corrected chi connectivity index (χ0v) is 4.97. The van der Waals surface area contributed by atoms with Gasteiger partial charge >= 0.3 is 0 Å². The van der Waals surface area contributed by atoms with Gasteiger partial charge in [0.05, 0.1) is 6.20 Å². The molecular weight excluding hydrogens is 132 g/mol. The van der Waals surface area contributed by atoms with Crippen LogP contribution in [-0.4, -0.2) is 24.8 Å². The quantitative estimate of drug-likeness (QED) is 0.507. The lowest BCUT2D eigenvalue weighted by Crippen LogP contribution is -1.99. The fourth-order valence-electron chi connectivity index (χ4n) is 0.661. The number of nitrogens with zero attached hydrogens (tertiary/aromatic N) is 5. The number of rotatable bonds is 0. The number of nitrogen functional groups attached to an aromatic ring is 1. The molecule has 50 valence electrons. The molecule has 0 aromatic carbocycles. The van der Waals surface area contributed by atoms with Gasteiger partial charge in [-0.1, -0.05) is 0 Å². The highest BCUT2D eigenvalue weighted by Gasteiger charge is 1.94. The molecule has 0 bridgehead atoms. The first-order valence-corrected chi connectivity index (χ1v) is 2.65. The Morgan fingerprint density at radius 2 is 2.40 bits per heavy atom. The lowest BCUT2D eigenvalue weighted by molar-refractivity contribution is 0.905. The zero-order chi connectivity index (χ0) is 6.97. The Kier molecular flexibility index (Phi) is 0.830. The molecule has 0 saturated heterocycles. The van der Waals surface area contributed by atoms with Crippen LogP contribution >= 0.6 is 0 Å². The van der Waals surface area contributed by atoms with E-state index in [1.807, 2.05) is 0 Å². The molecule has 6 nitrogen and oxygen atoms in total. The van der Waals surface area contributed by atoms with Crippen molar-refractivity contribution in [2.75, 3.05) is 5.73 Å². The minimum atomic E-state index is 0.215. The molecule has 0 saturated carbocycles. The molecule has 0 amide bonds. The summed E-state index contributed by atoms with van der Waals surface area (Å²) in [5.74, 6) is 0.215. The minimum absolute atomic E-state index is 0.215. The van der Waals surface area contributed by atoms with E-state index < -0.39 is 0 Å². The van der Waals surface area contributed by atoms with Gasteiger partial charge in [-0.05, 0) is 0 Å². The van der Waals surface area contributed by atoms with Gasteiger partial charge in [-0.3, -0.25) is 0 Å². The topological polar surface area (TPSA) is 82.0 Å². The Hall–Kier alpha value is -1.72. The molecule has 2 aromatic heterocycles. The fraction of sp³-hybridized carbons (Fsp3) is 0. The predicted octanol–water partition coefficient (Wildman–Crippen LogP) is -0.899. The van der Waals surface area contributed by atoms with Crippen LogP contribution in [0.3, 0.4) is 0 Å². The average Bonchev–Trinajstić information content (AvgIpc) is 2.33. The molecule has 2 rings (SSSR count). The predicted molar refractivity (Wildman–Crippen MR) is 33.0 cm³/mol. The molecule has 0 radical (unpaired) electrons. The van der Waals surface area contributed by atoms with E-state index in [4.69, 9.17) is 5.73 Å². The second-order valence-electron chi connectivity index (χ2n) is 1.75. The molecular formula is C4H4N6. The van der Waals surface area contributed by atoms with Gasteiger partial charge < -0.3 is 5.73 Å². The third-order valence-corrected chi connectivity index (χ3v) is 1.08. The van der Waals surface area contributed by atoms with Crippen LogP contribution in [0.2, 0.25) is 0 Å². The number of aromatic nitrogens is 5. The SMILES string of the molecule is Nc1ncc2nncn2n1. The summed E-state index contributed by atoms with van der Waals surface area (Å²) in [5.41, 5.74) is 5.88. The first kappa shape index (κ1) is 5.10. The molecule has 0 fully saturated rings. The molecule has 10 heavy (non-hydrogen) atoms. The summed E-state index contributed by atoms with van der Waals surface area (Å²) >= 11 is 0. The van der Waals surface area contributed by atoms with Crippen molar-refractivity contribution in [3.05, 3.63) is 12.5 Å². The normalized spacial score (nSPS) is 10.4. The van der Waals surface area contributed by atoms with Crippen molar-refractivity contribution in [1.82, 2.24) is 24.8 Å². The van der Waals surface area contributed by atoms with Gasteiger partial charge in [-0.15, -0.1) is 15.3 Å². The summed E-state index contributed by atoms with van der Waals surface area (Å²) in [6, 6.07) is 0. The third-order valence-electron chi connectivity index (χ3n) is 1.08. The summed E-state index contributed by atoms with van der Waals surface area (Å²) in [5, 5.41) is 11.1. The molecule has 2 N–H and O–H groups in total. The second kappa shape index (κ2) is 1.63. The highest BCUT2D eigenvalue weighted by atomic mass is 15.4. The summed E-state index contributed by atoms with van der Waals surface area (Å²) in [7, 11) is 0. The highest BCUT2D eigenvalue weighted by molar-refractivity contribution is 5.32. The Balaban J connectivity index is 2.86. The van der Waals surface area contributed by atoms with Gasteiger partial charge in [0.1, 0.15) is 6.33 Å². The van der Waals surface area contributed by atoms with E-state index in [0.29, 0.717) is 5.65 Å². The summed E-state index contributed by atoms with van der Waals surface area (Å²) in [6.07, 6.45) is 2.97. The van der Waals surface area contributed by atoms with Gasteiger partial charge in [0.15, 0.2) is 5.65 Å². The molecule has 0 unspecified atom stereocenters. The van der Waals surface area contributed by atoms with Crippen molar-refractivity contribution in [3.8, 4) is 0 Å². The van der Waals surface area contributed by atoms with E-state index in [0.717, 1.165) is 0 Å². The zero-order valence-electron chi connectivity index (χ0n) is 4.97. The van der Waals surface area contributed by atoms with Crippen molar-refractivity contribution in [2.45, 2.75) is 0 Å². The maximum atomic E-state index is 5.28. The molecule has 0 aliphatic carbocycles. The van der Waals surface area contributed by atoms with Crippen molar-refractivity contribution in [1.29, 1.82) is 0 Å². The van der Waals surface area contributed by atoms with Crippen LogP contribution < -0.4 is 5.73 Å². The van der Waals surface area contributed by atoms with Crippen LogP contribution in [-0.2, 0) is 0 Å². The highest BCUT2D eigenvalue weighted by Crippen LogP contribution is 1.93. The van der Waals surface area contributed by atoms with Crippen molar-refractivity contribution in [2.24, 2.45) is 0 Å². The molecule has 2 aromatic rings. The van der Waals surface area contributed by atoms with Crippen molar-refractivity contribution in [3.63, 3.8) is 0 Å². The average molecular weight is 136 g/mol. The summed E-state index contributed by atoms with van der Waals surface area (Å²) in [6.45, 7) is 0. The lowest BCUT2D eigenvalue weighted by Gasteiger charge is -1.89. The maximum absolute atomic E-state index is 5.28. The Morgan fingerprint density at radius 3 is 3.30 bits per heavy atom. The van der Waals surface area contributed by atoms with Gasteiger partial charge in [-0.25, -0.2) is 4.98 Å². The molecule has 0 aliphatic heterocycles. The van der Waals surface area contributed by atoms with Gasteiger partial charge in [0, 0.05) is 0 Å². The van der Waals surface area contributed by atoms with Crippen LogP contribution in [0.1, 0.15) is 0 Å². The molecule has 2 heterocycles. The maximum Gasteiger partial charge on any atom is 0.238 e. The van der Waals surface area contributed by atoms with Crippen LogP contribution in [0.5, 0.6) is 0 Å². The summed E-state index contributed by atoms with van der Waals surface area (Å²) in [4.78, 5) is 3.72. The Bertz CT molecular complexity index is 351. The first-order chi connectivity index (χ1) is 4.86. The Labute approximate surface area is 55.7 Å². The smallest absolute Gasteiger partial charge is 0.238 e. The van der Waals surface area contributed by atoms with Crippen LogP contribution in [0.4, 0.5) is 5.95 Å². The first-order valence-electron chi connectivity index (χ1n) is 2.65. The summed E-state index contributed by atoms with van der Waals surface area (Å²) < 4.78 is 1.46. The van der Waals surface area contributed by atoms with Gasteiger partial charge in [0.2, 0.25) is 5.95 Å². The molecule has 6 heteroatoms. The lowest BCUT2D eigenvalue weighted by atomic mass is 10.8. The standard InChI is InChI=1S/C4H4N6/c5-4-6-1-3-8-7-2-10(3)9-4/h1-2H,(H2,5,9).